The van der Waals surface area contributed by atoms with Crippen molar-refractivity contribution in [3.63, 3.8) is 0 Å². The lowest BCUT2D eigenvalue weighted by atomic mass is 10.1. The molecule has 0 spiro atoms. The predicted octanol–water partition coefficient (Wildman–Crippen LogP) is 2.20. The first-order chi connectivity index (χ1) is 7.77. The van der Waals surface area contributed by atoms with Crippen molar-refractivity contribution in [2.24, 2.45) is 0 Å². The van der Waals surface area contributed by atoms with Gasteiger partial charge in [0.25, 0.3) is 5.69 Å². The number of nitro groups is 1. The van der Waals surface area contributed by atoms with Crippen LogP contribution in [0.25, 0.3) is 0 Å². The molecule has 0 bridgehead atoms. The lowest BCUT2D eigenvalue weighted by molar-refractivity contribution is -0.387. The van der Waals surface area contributed by atoms with Crippen LogP contribution in [0.4, 0.5) is 18.9 Å². The lowest BCUT2D eigenvalue weighted by Crippen LogP contribution is -2.21. The second kappa shape index (κ2) is 4.58. The Bertz CT molecular complexity index is 433. The van der Waals surface area contributed by atoms with Gasteiger partial charge in [0.2, 0.25) is 0 Å². The zero-order chi connectivity index (χ0) is 13.2. The highest BCUT2D eigenvalue weighted by atomic mass is 19.4. The van der Waals surface area contributed by atoms with E-state index < -0.39 is 28.5 Å². The summed E-state index contributed by atoms with van der Waals surface area (Å²) in [5.74, 6) is 0.0369. The van der Waals surface area contributed by atoms with Gasteiger partial charge in [0, 0.05) is 0 Å². The summed E-state index contributed by atoms with van der Waals surface area (Å²) in [7, 11) is 1.22. The van der Waals surface area contributed by atoms with Crippen LogP contribution in [-0.2, 0) is 0 Å². The van der Waals surface area contributed by atoms with Crippen LogP contribution in [0.5, 0.6) is 5.75 Å². The summed E-state index contributed by atoms with van der Waals surface area (Å²) >= 11 is 0. The number of methoxy groups -OCH3 is 1. The van der Waals surface area contributed by atoms with Crippen molar-refractivity contribution in [2.75, 3.05) is 7.11 Å². The van der Waals surface area contributed by atoms with Gasteiger partial charge in [-0.05, 0) is 12.1 Å². The number of nitro benzene ring substituents is 1. The molecule has 1 atom stereocenters. The van der Waals surface area contributed by atoms with Gasteiger partial charge in [0.05, 0.1) is 23.7 Å². The minimum atomic E-state index is -4.96. The molecule has 1 aromatic carbocycles. The largest absolute Gasteiger partial charge is 0.497 e. The molecule has 8 heteroatoms. The highest BCUT2D eigenvalue weighted by Gasteiger charge is 2.42. The number of aliphatic hydroxyl groups is 1. The first-order valence-corrected chi connectivity index (χ1v) is 4.34. The molecule has 0 unspecified atom stereocenters. The summed E-state index contributed by atoms with van der Waals surface area (Å²) in [5, 5.41) is 19.6. The number of ether oxygens (including phenoxy) is 1. The Hall–Kier alpha value is -1.83. The van der Waals surface area contributed by atoms with Crippen molar-refractivity contribution in [3.8, 4) is 5.75 Å². The number of nitrogens with zero attached hydrogens (tertiary/aromatic N) is 1. The van der Waals surface area contributed by atoms with Crippen molar-refractivity contribution in [3.05, 3.63) is 33.9 Å². The van der Waals surface area contributed by atoms with Crippen LogP contribution >= 0.6 is 0 Å². The second-order valence-corrected chi connectivity index (χ2v) is 3.13. The van der Waals surface area contributed by atoms with Crippen LogP contribution in [0.15, 0.2) is 18.2 Å². The van der Waals surface area contributed by atoms with Crippen molar-refractivity contribution in [1.82, 2.24) is 0 Å². The fourth-order valence-electron chi connectivity index (χ4n) is 1.22. The number of alkyl halides is 3. The van der Waals surface area contributed by atoms with E-state index in [0.717, 1.165) is 18.2 Å². The molecule has 0 heterocycles. The van der Waals surface area contributed by atoms with Crippen molar-refractivity contribution < 1.29 is 27.9 Å². The highest BCUT2D eigenvalue weighted by Crippen LogP contribution is 2.38. The third kappa shape index (κ3) is 2.84. The van der Waals surface area contributed by atoms with Gasteiger partial charge in [-0.1, -0.05) is 0 Å². The SMILES string of the molecule is COc1ccc([C@@H](O)C(F)(F)F)c([N+](=O)[O-])c1. The van der Waals surface area contributed by atoms with Crippen molar-refractivity contribution >= 4 is 5.69 Å². The monoisotopic (exact) mass is 251 g/mol. The topological polar surface area (TPSA) is 72.6 Å². The molecule has 5 nitrogen and oxygen atoms in total. The van der Waals surface area contributed by atoms with E-state index in [0.29, 0.717) is 0 Å². The number of aliphatic hydroxyl groups excluding tert-OH is 1. The zero-order valence-corrected chi connectivity index (χ0v) is 8.56. The molecule has 0 radical (unpaired) electrons. The van der Waals surface area contributed by atoms with Gasteiger partial charge in [-0.2, -0.15) is 13.2 Å². The molecule has 17 heavy (non-hydrogen) atoms. The van der Waals surface area contributed by atoms with Gasteiger partial charge in [0.1, 0.15) is 5.75 Å². The van der Waals surface area contributed by atoms with Gasteiger partial charge in [0.15, 0.2) is 6.10 Å². The summed E-state index contributed by atoms with van der Waals surface area (Å²) in [6.07, 6.45) is -7.85. The molecular formula is C9H8F3NO4. The molecule has 0 aliphatic rings. The molecule has 94 valence electrons. The Morgan fingerprint density at radius 2 is 2.06 bits per heavy atom. The predicted molar refractivity (Wildman–Crippen MR) is 50.7 cm³/mol. The quantitative estimate of drug-likeness (QED) is 0.660. The molecule has 0 saturated carbocycles. The summed E-state index contributed by atoms with van der Waals surface area (Å²) in [6, 6.07) is 2.75. The normalized spacial score (nSPS) is 13.2. The fraction of sp³-hybridized carbons (Fsp3) is 0.333. The summed E-state index contributed by atoms with van der Waals surface area (Å²) in [4.78, 5) is 9.59. The first-order valence-electron chi connectivity index (χ1n) is 4.34. The molecule has 1 aromatic rings. The fourth-order valence-corrected chi connectivity index (χ4v) is 1.22. The van der Waals surface area contributed by atoms with Crippen molar-refractivity contribution in [1.29, 1.82) is 0 Å². The van der Waals surface area contributed by atoms with Gasteiger partial charge < -0.3 is 9.84 Å². The molecule has 0 aliphatic heterocycles. The smallest absolute Gasteiger partial charge is 0.418 e. The molecular weight excluding hydrogens is 243 g/mol. The Labute approximate surface area is 93.6 Å². The summed E-state index contributed by atoms with van der Waals surface area (Å²) in [5.41, 5.74) is -1.66. The van der Waals surface area contributed by atoms with Crippen LogP contribution in [0.3, 0.4) is 0 Å². The Kier molecular flexibility index (Phi) is 3.56. The molecule has 0 amide bonds. The minimum absolute atomic E-state index is 0.0369. The second-order valence-electron chi connectivity index (χ2n) is 3.13. The summed E-state index contributed by atoms with van der Waals surface area (Å²) < 4.78 is 41.4. The van der Waals surface area contributed by atoms with E-state index in [1.54, 1.807) is 0 Å². The zero-order valence-electron chi connectivity index (χ0n) is 8.56. The van der Waals surface area contributed by atoms with Gasteiger partial charge >= 0.3 is 6.18 Å². The third-order valence-electron chi connectivity index (χ3n) is 2.04. The molecule has 0 saturated heterocycles. The number of benzene rings is 1. The molecule has 0 fully saturated rings. The third-order valence-corrected chi connectivity index (χ3v) is 2.04. The van der Waals surface area contributed by atoms with Gasteiger partial charge in [-0.3, -0.25) is 10.1 Å². The number of hydrogen-bond donors (Lipinski definition) is 1. The van der Waals surface area contributed by atoms with Crippen LogP contribution in [0.1, 0.15) is 11.7 Å². The maximum atomic E-state index is 12.3. The maximum Gasteiger partial charge on any atom is 0.418 e. The van der Waals surface area contributed by atoms with E-state index in [1.807, 2.05) is 0 Å². The number of halogens is 3. The minimum Gasteiger partial charge on any atom is -0.497 e. The van der Waals surface area contributed by atoms with E-state index in [2.05, 4.69) is 4.74 Å². The Balaban J connectivity index is 3.29. The van der Waals surface area contributed by atoms with Crippen LogP contribution in [0, 0.1) is 10.1 Å². The number of hydrogen-bond acceptors (Lipinski definition) is 4. The average molecular weight is 251 g/mol. The standard InChI is InChI=1S/C9H8F3NO4/c1-17-5-2-3-6(7(4-5)13(15)16)8(14)9(10,11)12/h2-4,8,14H,1H3/t8-/m1/s1. The van der Waals surface area contributed by atoms with Crippen molar-refractivity contribution in [2.45, 2.75) is 12.3 Å². The van der Waals surface area contributed by atoms with Crippen LogP contribution in [-0.4, -0.2) is 23.3 Å². The van der Waals surface area contributed by atoms with Crippen LogP contribution < -0.4 is 4.74 Å². The van der Waals surface area contributed by atoms with Crippen LogP contribution in [0.2, 0.25) is 0 Å². The molecule has 0 aliphatic carbocycles. The van der Waals surface area contributed by atoms with E-state index in [4.69, 9.17) is 5.11 Å². The number of rotatable bonds is 3. The Morgan fingerprint density at radius 3 is 2.47 bits per heavy atom. The van der Waals surface area contributed by atoms with E-state index in [9.17, 15) is 23.3 Å². The average Bonchev–Trinajstić information content (AvgIpc) is 2.25. The lowest BCUT2D eigenvalue weighted by Gasteiger charge is -2.15. The van der Waals surface area contributed by atoms with Gasteiger partial charge in [-0.25, -0.2) is 0 Å². The highest BCUT2D eigenvalue weighted by molar-refractivity contribution is 5.47. The van der Waals surface area contributed by atoms with E-state index in [-0.39, 0.29) is 5.75 Å². The maximum absolute atomic E-state index is 12.3. The van der Waals surface area contributed by atoms with Gasteiger partial charge in [-0.15, -0.1) is 0 Å². The van der Waals surface area contributed by atoms with E-state index >= 15 is 0 Å². The summed E-state index contributed by atoms with van der Waals surface area (Å²) in [6.45, 7) is 0. The first kappa shape index (κ1) is 13.2. The molecule has 1 N–H and O–H groups in total. The molecule has 0 aromatic heterocycles. The Morgan fingerprint density at radius 1 is 1.47 bits per heavy atom. The molecule has 1 rings (SSSR count). The van der Waals surface area contributed by atoms with E-state index in [1.165, 1.54) is 7.11 Å².